The topological polar surface area (TPSA) is 74.6 Å². The zero-order chi connectivity index (χ0) is 21.6. The van der Waals surface area contributed by atoms with E-state index in [2.05, 4.69) is 55.7 Å². The maximum atomic E-state index is 12.8. The third kappa shape index (κ3) is 5.83. The van der Waals surface area contributed by atoms with E-state index in [1.165, 1.54) is 5.56 Å². The molecule has 7 heteroatoms. The summed E-state index contributed by atoms with van der Waals surface area (Å²) in [6, 6.07) is 20.6. The molecule has 160 valence electrons. The predicted octanol–water partition coefficient (Wildman–Crippen LogP) is 4.69. The number of likely N-dealkylation sites (tertiary alicyclic amines) is 1. The van der Waals surface area contributed by atoms with Gasteiger partial charge in [-0.05, 0) is 71.2 Å². The Morgan fingerprint density at radius 1 is 1.03 bits per heavy atom. The Labute approximate surface area is 189 Å². The van der Waals surface area contributed by atoms with Crippen molar-refractivity contribution in [2.45, 2.75) is 25.4 Å². The fourth-order valence-electron chi connectivity index (χ4n) is 3.79. The Morgan fingerprint density at radius 2 is 1.87 bits per heavy atom. The standard InChI is InChI=1S/C24H24BrN3O3/c25-22-12-11-21(31-22)24(30)26-19-9-4-8-18(14-19)23(29)27-20-10-5-13-28(16-20)15-17-6-2-1-3-7-17/h1-4,6-9,11-12,14,20H,5,10,13,15-16H2,(H,26,30)(H,27,29). The van der Waals surface area contributed by atoms with Crippen LogP contribution in [-0.4, -0.2) is 35.8 Å². The van der Waals surface area contributed by atoms with Crippen LogP contribution in [0.15, 0.2) is 75.8 Å². The van der Waals surface area contributed by atoms with Gasteiger partial charge in [-0.15, -0.1) is 0 Å². The maximum absolute atomic E-state index is 12.8. The normalized spacial score (nSPS) is 16.6. The van der Waals surface area contributed by atoms with Crippen LogP contribution in [0.25, 0.3) is 0 Å². The van der Waals surface area contributed by atoms with E-state index in [9.17, 15) is 9.59 Å². The molecule has 1 unspecified atom stereocenters. The van der Waals surface area contributed by atoms with E-state index < -0.39 is 0 Å². The fraction of sp³-hybridized carbons (Fsp3) is 0.250. The molecule has 2 amide bonds. The molecule has 1 fully saturated rings. The first-order chi connectivity index (χ1) is 15.1. The molecular weight excluding hydrogens is 458 g/mol. The number of carbonyl (C=O) groups is 2. The molecule has 0 saturated carbocycles. The van der Waals surface area contributed by atoms with E-state index in [0.29, 0.717) is 15.9 Å². The van der Waals surface area contributed by atoms with E-state index in [1.54, 1.807) is 36.4 Å². The van der Waals surface area contributed by atoms with E-state index in [0.717, 1.165) is 32.5 Å². The summed E-state index contributed by atoms with van der Waals surface area (Å²) in [6.07, 6.45) is 2.01. The van der Waals surface area contributed by atoms with Crippen LogP contribution in [0.2, 0.25) is 0 Å². The highest BCUT2D eigenvalue weighted by atomic mass is 79.9. The second-order valence-corrected chi connectivity index (χ2v) is 8.45. The Balaban J connectivity index is 1.35. The second-order valence-electron chi connectivity index (χ2n) is 7.67. The summed E-state index contributed by atoms with van der Waals surface area (Å²) in [6.45, 7) is 2.74. The van der Waals surface area contributed by atoms with Crippen molar-refractivity contribution in [3.8, 4) is 0 Å². The van der Waals surface area contributed by atoms with Crippen LogP contribution < -0.4 is 10.6 Å². The van der Waals surface area contributed by atoms with Gasteiger partial charge in [0.15, 0.2) is 10.4 Å². The number of nitrogens with one attached hydrogen (secondary N) is 2. The largest absolute Gasteiger partial charge is 0.444 e. The first-order valence-corrected chi connectivity index (χ1v) is 11.1. The summed E-state index contributed by atoms with van der Waals surface area (Å²) in [5.74, 6) is -0.307. The van der Waals surface area contributed by atoms with Gasteiger partial charge in [0.2, 0.25) is 0 Å². The van der Waals surface area contributed by atoms with Gasteiger partial charge in [0.1, 0.15) is 0 Å². The zero-order valence-corrected chi connectivity index (χ0v) is 18.6. The Morgan fingerprint density at radius 3 is 2.65 bits per heavy atom. The van der Waals surface area contributed by atoms with E-state index in [-0.39, 0.29) is 23.6 Å². The van der Waals surface area contributed by atoms with E-state index in [4.69, 9.17) is 4.42 Å². The number of rotatable bonds is 6. The highest BCUT2D eigenvalue weighted by molar-refractivity contribution is 9.10. The number of carbonyl (C=O) groups excluding carboxylic acids is 2. The number of nitrogens with zero attached hydrogens (tertiary/aromatic N) is 1. The summed E-state index contributed by atoms with van der Waals surface area (Å²) in [5, 5.41) is 5.91. The van der Waals surface area contributed by atoms with Crippen LogP contribution in [0, 0.1) is 0 Å². The molecule has 1 aliphatic rings. The maximum Gasteiger partial charge on any atom is 0.291 e. The highest BCUT2D eigenvalue weighted by Gasteiger charge is 2.22. The van der Waals surface area contributed by atoms with Crippen molar-refractivity contribution in [3.63, 3.8) is 0 Å². The molecular formula is C24H24BrN3O3. The fourth-order valence-corrected chi connectivity index (χ4v) is 4.10. The molecule has 31 heavy (non-hydrogen) atoms. The average Bonchev–Trinajstić information content (AvgIpc) is 3.21. The lowest BCUT2D eigenvalue weighted by molar-refractivity contribution is 0.0899. The third-order valence-corrected chi connectivity index (χ3v) is 5.70. The monoisotopic (exact) mass is 481 g/mol. The van der Waals surface area contributed by atoms with Gasteiger partial charge >= 0.3 is 0 Å². The van der Waals surface area contributed by atoms with Crippen LogP contribution >= 0.6 is 15.9 Å². The van der Waals surface area contributed by atoms with Gasteiger partial charge < -0.3 is 15.1 Å². The van der Waals surface area contributed by atoms with Crippen molar-refractivity contribution in [2.75, 3.05) is 18.4 Å². The quantitative estimate of drug-likeness (QED) is 0.535. The summed E-state index contributed by atoms with van der Waals surface area (Å²) < 4.78 is 5.75. The van der Waals surface area contributed by atoms with Crippen LogP contribution in [0.3, 0.4) is 0 Å². The highest BCUT2D eigenvalue weighted by Crippen LogP contribution is 2.18. The molecule has 6 nitrogen and oxygen atoms in total. The minimum absolute atomic E-state index is 0.101. The van der Waals surface area contributed by atoms with Gasteiger partial charge in [0.25, 0.3) is 11.8 Å². The zero-order valence-electron chi connectivity index (χ0n) is 17.0. The number of furan rings is 1. The van der Waals surface area contributed by atoms with Crippen LogP contribution in [-0.2, 0) is 6.54 Å². The number of piperidine rings is 1. The summed E-state index contributed by atoms with van der Waals surface area (Å²) in [4.78, 5) is 27.5. The van der Waals surface area contributed by atoms with Crippen molar-refractivity contribution in [1.82, 2.24) is 10.2 Å². The summed E-state index contributed by atoms with van der Waals surface area (Å²) in [7, 11) is 0. The van der Waals surface area contributed by atoms with Crippen molar-refractivity contribution < 1.29 is 14.0 Å². The Bertz CT molecular complexity index is 1050. The molecule has 1 aliphatic heterocycles. The van der Waals surface area contributed by atoms with Gasteiger partial charge in [-0.2, -0.15) is 0 Å². The van der Waals surface area contributed by atoms with E-state index in [1.807, 2.05) is 6.07 Å². The molecule has 1 aromatic heterocycles. The minimum atomic E-state index is -0.368. The van der Waals surface area contributed by atoms with Gasteiger partial charge in [-0.25, -0.2) is 0 Å². The number of anilines is 1. The molecule has 1 saturated heterocycles. The Hall–Kier alpha value is -2.90. The molecule has 0 aliphatic carbocycles. The molecule has 0 radical (unpaired) electrons. The first-order valence-electron chi connectivity index (χ1n) is 10.3. The van der Waals surface area contributed by atoms with E-state index >= 15 is 0 Å². The predicted molar refractivity (Wildman–Crippen MR) is 123 cm³/mol. The lowest BCUT2D eigenvalue weighted by Gasteiger charge is -2.33. The lowest BCUT2D eigenvalue weighted by Crippen LogP contribution is -2.47. The SMILES string of the molecule is O=C(NC1CCCN(Cc2ccccc2)C1)c1cccc(NC(=O)c2ccc(Br)o2)c1. The smallest absolute Gasteiger partial charge is 0.291 e. The van der Waals surface area contributed by atoms with Crippen LogP contribution in [0.1, 0.15) is 39.3 Å². The first kappa shape index (κ1) is 21.3. The van der Waals surface area contributed by atoms with Crippen molar-refractivity contribution in [3.05, 3.63) is 88.3 Å². The van der Waals surface area contributed by atoms with Crippen molar-refractivity contribution in [1.29, 1.82) is 0 Å². The molecule has 2 N–H and O–H groups in total. The molecule has 4 rings (SSSR count). The van der Waals surface area contributed by atoms with Crippen LogP contribution in [0.5, 0.6) is 0 Å². The lowest BCUT2D eigenvalue weighted by atomic mass is 10.0. The summed E-state index contributed by atoms with van der Waals surface area (Å²) >= 11 is 3.18. The molecule has 3 aromatic rings. The number of hydrogen-bond donors (Lipinski definition) is 2. The van der Waals surface area contributed by atoms with Crippen molar-refractivity contribution >= 4 is 33.4 Å². The van der Waals surface area contributed by atoms with Gasteiger partial charge in [-0.1, -0.05) is 36.4 Å². The van der Waals surface area contributed by atoms with Gasteiger partial charge in [-0.3, -0.25) is 14.5 Å². The Kier molecular flexibility index (Phi) is 6.84. The molecule has 1 atom stereocenters. The molecule has 0 spiro atoms. The number of hydrogen-bond acceptors (Lipinski definition) is 4. The second kappa shape index (κ2) is 9.94. The van der Waals surface area contributed by atoms with Gasteiger partial charge in [0, 0.05) is 30.4 Å². The average molecular weight is 482 g/mol. The molecule has 0 bridgehead atoms. The minimum Gasteiger partial charge on any atom is -0.444 e. The van der Waals surface area contributed by atoms with Crippen molar-refractivity contribution in [2.24, 2.45) is 0 Å². The molecule has 2 aromatic carbocycles. The number of halogens is 1. The third-order valence-electron chi connectivity index (χ3n) is 5.27. The van der Waals surface area contributed by atoms with Crippen LogP contribution in [0.4, 0.5) is 5.69 Å². The van der Waals surface area contributed by atoms with Gasteiger partial charge in [0.05, 0.1) is 0 Å². The molecule has 2 heterocycles. The summed E-state index contributed by atoms with van der Waals surface area (Å²) in [5.41, 5.74) is 2.33. The number of amides is 2. The number of benzene rings is 2.